The van der Waals surface area contributed by atoms with Gasteiger partial charge >= 0.3 is 0 Å². The van der Waals surface area contributed by atoms with Crippen molar-refractivity contribution in [2.24, 2.45) is 5.14 Å². The number of methoxy groups -OCH3 is 1. The molecule has 0 spiro atoms. The molecule has 0 aliphatic rings. The first-order chi connectivity index (χ1) is 9.27. The molecule has 0 aliphatic heterocycles. The van der Waals surface area contributed by atoms with Crippen LogP contribution in [0.2, 0.25) is 5.02 Å². The van der Waals surface area contributed by atoms with Crippen LogP contribution in [0.25, 0.3) is 0 Å². The third kappa shape index (κ3) is 4.41. The number of sulfonamides is 1. The SMILES string of the molecule is COCCCNC(=O)c1cc(Cl)cc(S(N)(=O)=O)c1F. The number of hydrogen-bond donors (Lipinski definition) is 2. The number of carbonyl (C=O) groups excluding carboxylic acids is 1. The van der Waals surface area contributed by atoms with Gasteiger partial charge in [-0.05, 0) is 18.6 Å². The molecule has 6 nitrogen and oxygen atoms in total. The second-order valence-corrected chi connectivity index (χ2v) is 5.88. The van der Waals surface area contributed by atoms with Crippen molar-refractivity contribution in [1.82, 2.24) is 5.32 Å². The Bertz CT molecular complexity index is 607. The van der Waals surface area contributed by atoms with E-state index in [1.165, 1.54) is 7.11 Å². The van der Waals surface area contributed by atoms with Crippen molar-refractivity contribution in [3.8, 4) is 0 Å². The van der Waals surface area contributed by atoms with E-state index in [1.54, 1.807) is 0 Å². The van der Waals surface area contributed by atoms with Crippen LogP contribution in [-0.2, 0) is 14.8 Å². The summed E-state index contributed by atoms with van der Waals surface area (Å²) >= 11 is 5.67. The van der Waals surface area contributed by atoms with Gasteiger partial charge in [0.05, 0.1) is 5.56 Å². The van der Waals surface area contributed by atoms with Crippen LogP contribution in [0.15, 0.2) is 17.0 Å². The maximum absolute atomic E-state index is 14.0. The number of primary sulfonamides is 1. The van der Waals surface area contributed by atoms with Crippen LogP contribution in [0.5, 0.6) is 0 Å². The first-order valence-electron chi connectivity index (χ1n) is 5.56. The lowest BCUT2D eigenvalue weighted by Gasteiger charge is -2.09. The summed E-state index contributed by atoms with van der Waals surface area (Å²) in [6, 6.07) is 1.89. The molecular formula is C11H14ClFN2O4S. The van der Waals surface area contributed by atoms with Gasteiger partial charge in [-0.2, -0.15) is 0 Å². The molecule has 9 heteroatoms. The molecule has 0 unspecified atom stereocenters. The highest BCUT2D eigenvalue weighted by Gasteiger charge is 2.22. The van der Waals surface area contributed by atoms with Gasteiger partial charge in [-0.15, -0.1) is 0 Å². The van der Waals surface area contributed by atoms with E-state index in [4.69, 9.17) is 21.5 Å². The Morgan fingerprint density at radius 1 is 1.50 bits per heavy atom. The smallest absolute Gasteiger partial charge is 0.254 e. The highest BCUT2D eigenvalue weighted by Crippen LogP contribution is 2.22. The Labute approximate surface area is 121 Å². The minimum atomic E-state index is -4.30. The van der Waals surface area contributed by atoms with Crippen LogP contribution >= 0.6 is 11.6 Å². The number of amides is 1. The first kappa shape index (κ1) is 16.8. The normalized spacial score (nSPS) is 11.4. The van der Waals surface area contributed by atoms with Crippen molar-refractivity contribution in [2.45, 2.75) is 11.3 Å². The zero-order chi connectivity index (χ0) is 15.3. The van der Waals surface area contributed by atoms with Crippen molar-refractivity contribution < 1.29 is 22.3 Å². The fraction of sp³-hybridized carbons (Fsp3) is 0.364. The monoisotopic (exact) mass is 324 g/mol. The molecule has 0 aromatic heterocycles. The fourth-order valence-corrected chi connectivity index (χ4v) is 2.38. The van der Waals surface area contributed by atoms with Gasteiger partial charge in [0, 0.05) is 25.3 Å². The van der Waals surface area contributed by atoms with Gasteiger partial charge in [-0.1, -0.05) is 11.6 Å². The molecule has 1 aromatic rings. The second-order valence-electron chi connectivity index (χ2n) is 3.91. The molecular weight excluding hydrogens is 311 g/mol. The summed E-state index contributed by atoms with van der Waals surface area (Å²) in [6.07, 6.45) is 0.534. The third-order valence-corrected chi connectivity index (χ3v) is 3.49. The number of hydrogen-bond acceptors (Lipinski definition) is 4. The Balaban J connectivity index is 3.01. The average molecular weight is 325 g/mol. The van der Waals surface area contributed by atoms with Gasteiger partial charge in [0.2, 0.25) is 10.0 Å². The molecule has 0 aliphatic carbocycles. The zero-order valence-electron chi connectivity index (χ0n) is 10.7. The lowest BCUT2D eigenvalue weighted by Crippen LogP contribution is -2.27. The maximum atomic E-state index is 14.0. The summed E-state index contributed by atoms with van der Waals surface area (Å²) < 4.78 is 41.2. The van der Waals surface area contributed by atoms with Gasteiger partial charge in [0.15, 0.2) is 5.82 Å². The summed E-state index contributed by atoms with van der Waals surface area (Å²) in [5.41, 5.74) is -0.473. The van der Waals surface area contributed by atoms with Crippen LogP contribution in [0.3, 0.4) is 0 Å². The van der Waals surface area contributed by atoms with E-state index in [0.717, 1.165) is 12.1 Å². The van der Waals surface area contributed by atoms with Crippen molar-refractivity contribution >= 4 is 27.5 Å². The Kier molecular flexibility index (Phi) is 5.88. The zero-order valence-corrected chi connectivity index (χ0v) is 12.2. The fourth-order valence-electron chi connectivity index (χ4n) is 1.45. The van der Waals surface area contributed by atoms with Crippen LogP contribution in [0, 0.1) is 5.82 Å². The predicted molar refractivity (Wildman–Crippen MR) is 71.6 cm³/mol. The van der Waals surface area contributed by atoms with E-state index in [2.05, 4.69) is 5.32 Å². The highest BCUT2D eigenvalue weighted by atomic mass is 35.5. The lowest BCUT2D eigenvalue weighted by atomic mass is 10.2. The second kappa shape index (κ2) is 6.98. The summed E-state index contributed by atoms with van der Waals surface area (Å²) in [7, 11) is -2.79. The number of nitrogens with two attached hydrogens (primary N) is 1. The Hall–Kier alpha value is -1.22. The topological polar surface area (TPSA) is 98.5 Å². The molecule has 3 N–H and O–H groups in total. The van der Waals surface area contributed by atoms with E-state index < -0.39 is 32.2 Å². The number of carbonyl (C=O) groups is 1. The van der Waals surface area contributed by atoms with E-state index in [1.807, 2.05) is 0 Å². The van der Waals surface area contributed by atoms with Gasteiger partial charge in [0.1, 0.15) is 4.90 Å². The van der Waals surface area contributed by atoms with Gasteiger partial charge in [-0.3, -0.25) is 4.79 Å². The van der Waals surface area contributed by atoms with Crippen molar-refractivity contribution in [1.29, 1.82) is 0 Å². The standard InChI is InChI=1S/C11H14ClFN2O4S/c1-19-4-2-3-15-11(16)8-5-7(12)6-9(10(8)13)20(14,17)18/h5-6H,2-4H2,1H3,(H,15,16)(H2,14,17,18). The van der Waals surface area contributed by atoms with E-state index in [-0.39, 0.29) is 11.6 Å². The van der Waals surface area contributed by atoms with E-state index in [9.17, 15) is 17.6 Å². The summed E-state index contributed by atoms with van der Waals surface area (Å²) in [4.78, 5) is 11.0. The predicted octanol–water partition coefficient (Wildman–Crippen LogP) is 0.893. The minimum absolute atomic E-state index is 0.0996. The Morgan fingerprint density at radius 3 is 2.70 bits per heavy atom. The highest BCUT2D eigenvalue weighted by molar-refractivity contribution is 7.89. The van der Waals surface area contributed by atoms with Crippen molar-refractivity contribution in [2.75, 3.05) is 20.3 Å². The molecule has 0 fully saturated rings. The molecule has 20 heavy (non-hydrogen) atoms. The molecule has 0 saturated carbocycles. The molecule has 0 saturated heterocycles. The molecule has 112 valence electrons. The van der Waals surface area contributed by atoms with Crippen molar-refractivity contribution in [3.05, 3.63) is 28.5 Å². The van der Waals surface area contributed by atoms with E-state index >= 15 is 0 Å². The molecule has 0 heterocycles. The molecule has 0 radical (unpaired) electrons. The van der Waals surface area contributed by atoms with Gasteiger partial charge in [-0.25, -0.2) is 17.9 Å². The van der Waals surface area contributed by atoms with Crippen LogP contribution < -0.4 is 10.5 Å². The van der Waals surface area contributed by atoms with Crippen LogP contribution in [0.4, 0.5) is 4.39 Å². The van der Waals surface area contributed by atoms with Crippen LogP contribution in [0.1, 0.15) is 16.8 Å². The molecule has 0 bridgehead atoms. The summed E-state index contributed by atoms with van der Waals surface area (Å²) in [5.74, 6) is -1.99. The Morgan fingerprint density at radius 2 is 2.15 bits per heavy atom. The number of nitrogens with one attached hydrogen (secondary N) is 1. The number of benzene rings is 1. The van der Waals surface area contributed by atoms with E-state index in [0.29, 0.717) is 13.0 Å². The number of rotatable bonds is 6. The molecule has 1 amide bonds. The lowest BCUT2D eigenvalue weighted by molar-refractivity contribution is 0.0944. The molecule has 1 aromatic carbocycles. The summed E-state index contributed by atoms with van der Waals surface area (Å²) in [5, 5.41) is 7.19. The van der Waals surface area contributed by atoms with Gasteiger partial charge in [0.25, 0.3) is 5.91 Å². The number of halogens is 2. The quantitative estimate of drug-likeness (QED) is 0.759. The number of ether oxygens (including phenoxy) is 1. The first-order valence-corrected chi connectivity index (χ1v) is 7.48. The largest absolute Gasteiger partial charge is 0.385 e. The molecule has 0 atom stereocenters. The summed E-state index contributed by atoms with van der Waals surface area (Å²) in [6.45, 7) is 0.685. The third-order valence-electron chi connectivity index (χ3n) is 2.37. The van der Waals surface area contributed by atoms with Crippen LogP contribution in [-0.4, -0.2) is 34.6 Å². The van der Waals surface area contributed by atoms with Gasteiger partial charge < -0.3 is 10.1 Å². The average Bonchev–Trinajstić information content (AvgIpc) is 2.35. The maximum Gasteiger partial charge on any atom is 0.254 e. The van der Waals surface area contributed by atoms with Crippen molar-refractivity contribution in [3.63, 3.8) is 0 Å². The molecule has 1 rings (SSSR count). The minimum Gasteiger partial charge on any atom is -0.385 e.